The number of nitrogens with zero attached hydrogens (tertiary/aromatic N) is 1. The molecule has 0 saturated heterocycles. The maximum atomic E-state index is 11.8. The van der Waals surface area contributed by atoms with Crippen molar-refractivity contribution in [1.29, 1.82) is 0 Å². The summed E-state index contributed by atoms with van der Waals surface area (Å²) in [6.45, 7) is 4.68. The van der Waals surface area contributed by atoms with E-state index in [9.17, 15) is 4.79 Å². The Morgan fingerprint density at radius 2 is 2.04 bits per heavy atom. The molecular weight excluding hydrogens is 326 g/mol. The van der Waals surface area contributed by atoms with Crippen molar-refractivity contribution in [2.24, 2.45) is 0 Å². The molecule has 5 heteroatoms. The number of oxazole rings is 1. The van der Waals surface area contributed by atoms with Crippen LogP contribution in [0.25, 0.3) is 11.3 Å². The molecule has 5 nitrogen and oxygen atoms in total. The van der Waals surface area contributed by atoms with Crippen LogP contribution in [0.15, 0.2) is 52.9 Å². The second-order valence-corrected chi connectivity index (χ2v) is 6.47. The summed E-state index contributed by atoms with van der Waals surface area (Å²) in [5.74, 6) is 1.45. The van der Waals surface area contributed by atoms with E-state index in [0.29, 0.717) is 12.4 Å². The van der Waals surface area contributed by atoms with Gasteiger partial charge in [0.05, 0.1) is 5.69 Å². The largest absolute Gasteiger partial charge is 0.438 e. The highest BCUT2D eigenvalue weighted by atomic mass is 16.4. The SMILES string of the molecule is CCc1nc([C@H](C)Nc2ccc3c(c2)C(=O)NC3)oc1-c1ccccc1. The van der Waals surface area contributed by atoms with E-state index in [-0.39, 0.29) is 11.9 Å². The number of benzene rings is 2. The van der Waals surface area contributed by atoms with Crippen molar-refractivity contribution in [1.82, 2.24) is 10.3 Å². The monoisotopic (exact) mass is 347 g/mol. The Morgan fingerprint density at radius 1 is 1.23 bits per heavy atom. The minimum absolute atomic E-state index is 0.0212. The van der Waals surface area contributed by atoms with E-state index in [4.69, 9.17) is 4.42 Å². The number of carbonyl (C=O) groups excluding carboxylic acids is 1. The van der Waals surface area contributed by atoms with Gasteiger partial charge in [0.2, 0.25) is 5.89 Å². The molecule has 0 saturated carbocycles. The lowest BCUT2D eigenvalue weighted by Crippen LogP contribution is -2.12. The van der Waals surface area contributed by atoms with Gasteiger partial charge >= 0.3 is 0 Å². The van der Waals surface area contributed by atoms with Crippen LogP contribution in [0.3, 0.4) is 0 Å². The van der Waals surface area contributed by atoms with Crippen molar-refractivity contribution in [2.45, 2.75) is 32.9 Å². The van der Waals surface area contributed by atoms with Gasteiger partial charge in [-0.05, 0) is 31.0 Å². The predicted molar refractivity (Wildman–Crippen MR) is 101 cm³/mol. The molecule has 0 spiro atoms. The summed E-state index contributed by atoms with van der Waals surface area (Å²) in [4.78, 5) is 16.5. The molecule has 0 radical (unpaired) electrons. The van der Waals surface area contributed by atoms with Gasteiger partial charge < -0.3 is 15.1 Å². The smallest absolute Gasteiger partial charge is 0.251 e. The van der Waals surface area contributed by atoms with E-state index in [1.54, 1.807) is 0 Å². The number of fused-ring (bicyclic) bond motifs is 1. The zero-order chi connectivity index (χ0) is 18.1. The van der Waals surface area contributed by atoms with Crippen LogP contribution < -0.4 is 10.6 Å². The zero-order valence-corrected chi connectivity index (χ0v) is 14.9. The van der Waals surface area contributed by atoms with Crippen LogP contribution in [0.2, 0.25) is 0 Å². The summed E-state index contributed by atoms with van der Waals surface area (Å²) in [7, 11) is 0. The normalized spacial score (nSPS) is 14.0. The molecule has 26 heavy (non-hydrogen) atoms. The van der Waals surface area contributed by atoms with E-state index in [1.165, 1.54) is 0 Å². The topological polar surface area (TPSA) is 67.2 Å². The summed E-state index contributed by atoms with van der Waals surface area (Å²) in [6, 6.07) is 15.8. The average Bonchev–Trinajstić information content (AvgIpc) is 3.27. The van der Waals surface area contributed by atoms with Crippen LogP contribution in [0.5, 0.6) is 0 Å². The zero-order valence-electron chi connectivity index (χ0n) is 14.9. The van der Waals surface area contributed by atoms with Crippen LogP contribution in [0.1, 0.15) is 47.4 Å². The number of rotatable bonds is 5. The molecule has 0 aliphatic carbocycles. The van der Waals surface area contributed by atoms with E-state index in [0.717, 1.165) is 40.3 Å². The summed E-state index contributed by atoms with van der Waals surface area (Å²) in [6.07, 6.45) is 0.805. The van der Waals surface area contributed by atoms with Crippen molar-refractivity contribution >= 4 is 11.6 Å². The molecule has 1 atom stereocenters. The molecule has 0 bridgehead atoms. The highest BCUT2D eigenvalue weighted by Gasteiger charge is 2.21. The van der Waals surface area contributed by atoms with Gasteiger partial charge in [0.15, 0.2) is 5.76 Å². The summed E-state index contributed by atoms with van der Waals surface area (Å²) in [5, 5.41) is 6.22. The number of anilines is 1. The minimum Gasteiger partial charge on any atom is -0.438 e. The summed E-state index contributed by atoms with van der Waals surface area (Å²) < 4.78 is 6.09. The average molecular weight is 347 g/mol. The van der Waals surface area contributed by atoms with Crippen molar-refractivity contribution in [3.05, 3.63) is 71.2 Å². The quantitative estimate of drug-likeness (QED) is 0.721. The fourth-order valence-electron chi connectivity index (χ4n) is 3.22. The molecule has 2 aromatic carbocycles. The van der Waals surface area contributed by atoms with Crippen LogP contribution in [0, 0.1) is 0 Å². The molecule has 0 unspecified atom stereocenters. The molecule has 0 fully saturated rings. The fraction of sp³-hybridized carbons (Fsp3) is 0.238. The van der Waals surface area contributed by atoms with E-state index < -0.39 is 0 Å². The summed E-state index contributed by atoms with van der Waals surface area (Å²) >= 11 is 0. The van der Waals surface area contributed by atoms with Gasteiger partial charge in [-0.15, -0.1) is 0 Å². The second kappa shape index (κ2) is 6.67. The van der Waals surface area contributed by atoms with E-state index in [1.807, 2.05) is 55.5 Å². The Kier molecular flexibility index (Phi) is 4.21. The third-order valence-corrected chi connectivity index (χ3v) is 4.63. The van der Waals surface area contributed by atoms with Gasteiger partial charge in [0.1, 0.15) is 6.04 Å². The van der Waals surface area contributed by atoms with Crippen LogP contribution in [-0.4, -0.2) is 10.9 Å². The molecule has 2 heterocycles. The highest BCUT2D eigenvalue weighted by Crippen LogP contribution is 2.29. The standard InChI is InChI=1S/C21H21N3O2/c1-3-18-19(14-7-5-4-6-8-14)26-21(24-18)13(2)23-16-10-9-15-12-22-20(25)17(15)11-16/h4-11,13,23H,3,12H2,1-2H3,(H,22,25)/t13-/m0/s1. The minimum atomic E-state index is -0.111. The fourth-order valence-corrected chi connectivity index (χ4v) is 3.22. The van der Waals surface area contributed by atoms with Gasteiger partial charge in [-0.2, -0.15) is 0 Å². The number of hydrogen-bond donors (Lipinski definition) is 2. The Bertz CT molecular complexity index is 947. The third kappa shape index (κ3) is 2.96. The van der Waals surface area contributed by atoms with Crippen molar-refractivity contribution in [3.63, 3.8) is 0 Å². The van der Waals surface area contributed by atoms with Crippen LogP contribution >= 0.6 is 0 Å². The molecule has 4 rings (SSSR count). The van der Waals surface area contributed by atoms with Crippen molar-refractivity contribution in [3.8, 4) is 11.3 Å². The predicted octanol–water partition coefficient (Wildman–Crippen LogP) is 4.32. The number of amides is 1. The molecule has 1 amide bonds. The van der Waals surface area contributed by atoms with Gasteiger partial charge in [-0.1, -0.05) is 43.3 Å². The van der Waals surface area contributed by atoms with Gasteiger partial charge in [0, 0.05) is 23.4 Å². The second-order valence-electron chi connectivity index (χ2n) is 6.47. The lowest BCUT2D eigenvalue weighted by Gasteiger charge is -2.12. The number of hydrogen-bond acceptors (Lipinski definition) is 4. The van der Waals surface area contributed by atoms with E-state index in [2.05, 4.69) is 22.5 Å². The van der Waals surface area contributed by atoms with Gasteiger partial charge in [-0.3, -0.25) is 4.79 Å². The Labute approximate surface area is 152 Å². The molecule has 132 valence electrons. The molecule has 1 aliphatic heterocycles. The van der Waals surface area contributed by atoms with Gasteiger partial charge in [-0.25, -0.2) is 4.98 Å². The molecule has 1 aromatic heterocycles. The maximum Gasteiger partial charge on any atom is 0.251 e. The van der Waals surface area contributed by atoms with E-state index >= 15 is 0 Å². The van der Waals surface area contributed by atoms with Crippen molar-refractivity contribution < 1.29 is 9.21 Å². The molecule has 3 aromatic rings. The first kappa shape index (κ1) is 16.4. The van der Waals surface area contributed by atoms with Crippen LogP contribution in [-0.2, 0) is 13.0 Å². The highest BCUT2D eigenvalue weighted by molar-refractivity contribution is 5.99. The number of carbonyl (C=O) groups is 1. The van der Waals surface area contributed by atoms with Crippen molar-refractivity contribution in [2.75, 3.05) is 5.32 Å². The number of nitrogens with one attached hydrogen (secondary N) is 2. The lowest BCUT2D eigenvalue weighted by molar-refractivity contribution is 0.0966. The first-order valence-electron chi connectivity index (χ1n) is 8.88. The Hall–Kier alpha value is -3.08. The lowest BCUT2D eigenvalue weighted by atomic mass is 10.1. The number of aromatic nitrogens is 1. The first-order valence-corrected chi connectivity index (χ1v) is 8.88. The maximum absolute atomic E-state index is 11.8. The molecule has 1 aliphatic rings. The Morgan fingerprint density at radius 3 is 2.81 bits per heavy atom. The Balaban J connectivity index is 1.59. The first-order chi connectivity index (χ1) is 12.7. The summed E-state index contributed by atoms with van der Waals surface area (Å²) in [5.41, 5.74) is 4.63. The van der Waals surface area contributed by atoms with Crippen LogP contribution in [0.4, 0.5) is 5.69 Å². The molecule has 2 N–H and O–H groups in total. The third-order valence-electron chi connectivity index (χ3n) is 4.63. The molecular formula is C21H21N3O2. The number of aryl methyl sites for hydroxylation is 1. The van der Waals surface area contributed by atoms with Gasteiger partial charge in [0.25, 0.3) is 5.91 Å².